The first-order valence-electron chi connectivity index (χ1n) is 10.4. The Morgan fingerprint density at radius 3 is 2.04 bits per heavy atom. The molecule has 4 heteroatoms. The van der Waals surface area contributed by atoms with Crippen LogP contribution in [0.5, 0.6) is 0 Å². The molecule has 3 rings (SSSR count). The van der Waals surface area contributed by atoms with Crippen LogP contribution < -0.4 is 10.6 Å². The van der Waals surface area contributed by atoms with Gasteiger partial charge >= 0.3 is 0 Å². The van der Waals surface area contributed by atoms with Gasteiger partial charge < -0.3 is 10.6 Å². The largest absolute Gasteiger partial charge is 0.353 e. The highest BCUT2D eigenvalue weighted by Crippen LogP contribution is 2.20. The third-order valence-corrected chi connectivity index (χ3v) is 5.40. The lowest BCUT2D eigenvalue weighted by molar-refractivity contribution is -0.122. The third kappa shape index (κ3) is 6.22. The quantitative estimate of drug-likeness (QED) is 0.760. The van der Waals surface area contributed by atoms with Crippen molar-refractivity contribution >= 4 is 11.8 Å². The topological polar surface area (TPSA) is 58.2 Å². The molecule has 0 radical (unpaired) electrons. The minimum absolute atomic E-state index is 0.00721. The second-order valence-corrected chi connectivity index (χ2v) is 7.62. The van der Waals surface area contributed by atoms with Gasteiger partial charge in [-0.25, -0.2) is 0 Å². The van der Waals surface area contributed by atoms with Crippen LogP contribution in [0.15, 0.2) is 60.7 Å². The average molecular weight is 379 g/mol. The van der Waals surface area contributed by atoms with Crippen LogP contribution in [-0.4, -0.2) is 17.9 Å². The van der Waals surface area contributed by atoms with Gasteiger partial charge in [-0.05, 0) is 30.5 Å². The van der Waals surface area contributed by atoms with Crippen LogP contribution in [0.2, 0.25) is 0 Å². The van der Waals surface area contributed by atoms with Crippen molar-refractivity contribution in [3.05, 3.63) is 71.8 Å². The molecule has 1 atom stereocenters. The zero-order valence-electron chi connectivity index (χ0n) is 16.4. The van der Waals surface area contributed by atoms with Gasteiger partial charge in [-0.15, -0.1) is 0 Å². The predicted molar refractivity (Wildman–Crippen MR) is 112 cm³/mol. The number of benzene rings is 2. The molecule has 0 aliphatic heterocycles. The summed E-state index contributed by atoms with van der Waals surface area (Å²) in [6, 6.07) is 18.8. The maximum absolute atomic E-state index is 12.7. The molecule has 1 unspecified atom stereocenters. The predicted octanol–water partition coefficient (Wildman–Crippen LogP) is 4.78. The van der Waals surface area contributed by atoms with E-state index in [9.17, 15) is 9.59 Å². The Labute approximate surface area is 167 Å². The maximum atomic E-state index is 12.7. The van der Waals surface area contributed by atoms with Crippen molar-refractivity contribution < 1.29 is 9.59 Å². The Kier molecular flexibility index (Phi) is 7.65. The Morgan fingerprint density at radius 1 is 0.821 bits per heavy atom. The highest BCUT2D eigenvalue weighted by molar-refractivity contribution is 5.94. The number of hydrogen-bond donors (Lipinski definition) is 2. The van der Waals surface area contributed by atoms with E-state index in [0.717, 1.165) is 18.4 Å². The summed E-state index contributed by atoms with van der Waals surface area (Å²) in [5.74, 6) is -0.152. The molecule has 0 bridgehead atoms. The van der Waals surface area contributed by atoms with Gasteiger partial charge in [0, 0.05) is 11.6 Å². The molecular formula is C24H30N2O2. The number of carbonyl (C=O) groups is 2. The summed E-state index contributed by atoms with van der Waals surface area (Å²) in [6.07, 6.45) is 8.53. The standard InChI is InChI=1S/C24H30N2O2/c27-23(25-21-16-10-2-1-3-11-17-21)18-22(19-12-6-4-7-13-19)26-24(28)20-14-8-5-9-15-20/h4-9,12-15,21-22H,1-3,10-11,16-18H2,(H,25,27)(H,26,28). The summed E-state index contributed by atoms with van der Waals surface area (Å²) in [7, 11) is 0. The number of carbonyl (C=O) groups excluding carboxylic acids is 2. The van der Waals surface area contributed by atoms with Gasteiger partial charge in [0.15, 0.2) is 0 Å². The molecule has 0 aromatic heterocycles. The molecule has 2 aromatic carbocycles. The summed E-state index contributed by atoms with van der Waals surface area (Å²) in [6.45, 7) is 0. The van der Waals surface area contributed by atoms with Crippen molar-refractivity contribution in [1.82, 2.24) is 10.6 Å². The SMILES string of the molecule is O=C(CC(NC(=O)c1ccccc1)c1ccccc1)NC1CCCCCCC1. The Hall–Kier alpha value is -2.62. The highest BCUT2D eigenvalue weighted by Gasteiger charge is 2.21. The van der Waals surface area contributed by atoms with E-state index in [2.05, 4.69) is 10.6 Å². The fraction of sp³-hybridized carbons (Fsp3) is 0.417. The van der Waals surface area contributed by atoms with E-state index in [1.807, 2.05) is 48.5 Å². The lowest BCUT2D eigenvalue weighted by Gasteiger charge is -2.23. The van der Waals surface area contributed by atoms with Crippen LogP contribution >= 0.6 is 0 Å². The van der Waals surface area contributed by atoms with Crippen molar-refractivity contribution in [2.45, 2.75) is 63.5 Å². The Balaban J connectivity index is 1.65. The molecule has 2 N–H and O–H groups in total. The first-order valence-corrected chi connectivity index (χ1v) is 10.4. The van der Waals surface area contributed by atoms with Crippen LogP contribution in [0.4, 0.5) is 0 Å². The third-order valence-electron chi connectivity index (χ3n) is 5.40. The molecule has 1 saturated carbocycles. The number of rotatable bonds is 6. The smallest absolute Gasteiger partial charge is 0.251 e. The fourth-order valence-corrected chi connectivity index (χ4v) is 3.84. The lowest BCUT2D eigenvalue weighted by Crippen LogP contribution is -2.38. The van der Waals surface area contributed by atoms with Gasteiger partial charge in [0.2, 0.25) is 5.91 Å². The van der Waals surface area contributed by atoms with E-state index >= 15 is 0 Å². The van der Waals surface area contributed by atoms with Crippen LogP contribution in [0.25, 0.3) is 0 Å². The number of amides is 2. The summed E-state index contributed by atoms with van der Waals surface area (Å²) in [5, 5.41) is 6.25. The van der Waals surface area contributed by atoms with Crippen molar-refractivity contribution in [1.29, 1.82) is 0 Å². The van der Waals surface area contributed by atoms with Crippen molar-refractivity contribution in [2.24, 2.45) is 0 Å². The Bertz CT molecular complexity index is 738. The van der Waals surface area contributed by atoms with Gasteiger partial charge in [-0.1, -0.05) is 80.6 Å². The van der Waals surface area contributed by atoms with Gasteiger partial charge in [-0.2, -0.15) is 0 Å². The van der Waals surface area contributed by atoms with Gasteiger partial charge in [0.05, 0.1) is 12.5 Å². The second-order valence-electron chi connectivity index (χ2n) is 7.62. The zero-order chi connectivity index (χ0) is 19.6. The number of hydrogen-bond acceptors (Lipinski definition) is 2. The molecule has 0 heterocycles. The van der Waals surface area contributed by atoms with Crippen LogP contribution in [0.1, 0.15) is 73.3 Å². The van der Waals surface area contributed by atoms with Crippen LogP contribution in [-0.2, 0) is 4.79 Å². The van der Waals surface area contributed by atoms with Gasteiger partial charge in [-0.3, -0.25) is 9.59 Å². The number of nitrogens with one attached hydrogen (secondary N) is 2. The van der Waals surface area contributed by atoms with E-state index in [-0.39, 0.29) is 30.3 Å². The molecular weight excluding hydrogens is 348 g/mol. The molecule has 28 heavy (non-hydrogen) atoms. The molecule has 0 saturated heterocycles. The van der Waals surface area contributed by atoms with Gasteiger partial charge in [0.1, 0.15) is 0 Å². The van der Waals surface area contributed by atoms with Crippen LogP contribution in [0, 0.1) is 0 Å². The van der Waals surface area contributed by atoms with Crippen molar-refractivity contribution in [3.63, 3.8) is 0 Å². The second kappa shape index (κ2) is 10.6. The molecule has 1 fully saturated rings. The molecule has 2 amide bonds. The molecule has 2 aromatic rings. The molecule has 4 nitrogen and oxygen atoms in total. The minimum Gasteiger partial charge on any atom is -0.353 e. The van der Waals surface area contributed by atoms with Gasteiger partial charge in [0.25, 0.3) is 5.91 Å². The highest BCUT2D eigenvalue weighted by atomic mass is 16.2. The van der Waals surface area contributed by atoms with E-state index in [1.165, 1.54) is 32.1 Å². The zero-order valence-corrected chi connectivity index (χ0v) is 16.4. The Morgan fingerprint density at radius 2 is 1.39 bits per heavy atom. The summed E-state index contributed by atoms with van der Waals surface area (Å²) in [5.41, 5.74) is 1.54. The molecule has 1 aliphatic carbocycles. The van der Waals surface area contributed by atoms with E-state index in [1.54, 1.807) is 12.1 Å². The first-order chi connectivity index (χ1) is 13.7. The lowest BCUT2D eigenvalue weighted by atomic mass is 9.96. The maximum Gasteiger partial charge on any atom is 0.251 e. The van der Waals surface area contributed by atoms with Crippen LogP contribution in [0.3, 0.4) is 0 Å². The molecule has 1 aliphatic rings. The monoisotopic (exact) mass is 378 g/mol. The van der Waals surface area contributed by atoms with Crippen molar-refractivity contribution in [2.75, 3.05) is 0 Å². The average Bonchev–Trinajstić information content (AvgIpc) is 2.70. The first kappa shape index (κ1) is 20.1. The van der Waals surface area contributed by atoms with E-state index in [0.29, 0.717) is 5.56 Å². The summed E-state index contributed by atoms with van der Waals surface area (Å²) >= 11 is 0. The van der Waals surface area contributed by atoms with E-state index < -0.39 is 0 Å². The summed E-state index contributed by atoms with van der Waals surface area (Å²) < 4.78 is 0. The minimum atomic E-state index is -0.345. The van der Waals surface area contributed by atoms with Crippen molar-refractivity contribution in [3.8, 4) is 0 Å². The summed E-state index contributed by atoms with van der Waals surface area (Å²) in [4.78, 5) is 25.4. The normalized spacial score (nSPS) is 16.4. The molecule has 148 valence electrons. The molecule has 0 spiro atoms. The fourth-order valence-electron chi connectivity index (χ4n) is 3.84. The van der Waals surface area contributed by atoms with E-state index in [4.69, 9.17) is 0 Å².